The fourth-order valence-corrected chi connectivity index (χ4v) is 2.86. The van der Waals surface area contributed by atoms with Crippen molar-refractivity contribution in [1.29, 1.82) is 0 Å². The van der Waals surface area contributed by atoms with Crippen molar-refractivity contribution in [3.05, 3.63) is 16.7 Å². The topological polar surface area (TPSA) is 55.1 Å². The largest absolute Gasteiger partial charge is 0.481 e. The van der Waals surface area contributed by atoms with Gasteiger partial charge in [-0.1, -0.05) is 30.9 Å². The van der Waals surface area contributed by atoms with Crippen molar-refractivity contribution in [3.63, 3.8) is 0 Å². The maximum atomic E-state index is 10.8. The number of carboxylic acid groups (broad SMARTS) is 1. The van der Waals surface area contributed by atoms with Gasteiger partial charge in [-0.15, -0.1) is 0 Å². The summed E-state index contributed by atoms with van der Waals surface area (Å²) >= 11 is 6.02. The van der Waals surface area contributed by atoms with Crippen molar-refractivity contribution in [2.24, 2.45) is 7.05 Å². The summed E-state index contributed by atoms with van der Waals surface area (Å²) in [5, 5.41) is 9.18. The Morgan fingerprint density at radius 3 is 2.71 bits per heavy atom. The molecule has 17 heavy (non-hydrogen) atoms. The first-order valence-electron chi connectivity index (χ1n) is 6.02. The van der Waals surface area contributed by atoms with Gasteiger partial charge in [0.25, 0.3) is 0 Å². The number of hydrogen-bond acceptors (Lipinski definition) is 2. The highest BCUT2D eigenvalue weighted by Gasteiger charge is 2.23. The molecule has 4 nitrogen and oxygen atoms in total. The number of aliphatic carboxylic acids is 1. The maximum Gasteiger partial charge on any atom is 0.309 e. The first kappa shape index (κ1) is 12.4. The fraction of sp³-hybridized carbons (Fsp3) is 0.667. The highest BCUT2D eigenvalue weighted by Crippen LogP contribution is 2.33. The first-order valence-corrected chi connectivity index (χ1v) is 6.40. The molecule has 1 N–H and O–H groups in total. The van der Waals surface area contributed by atoms with Gasteiger partial charge in [0.2, 0.25) is 0 Å². The van der Waals surface area contributed by atoms with Crippen LogP contribution in [0.15, 0.2) is 0 Å². The van der Waals surface area contributed by atoms with E-state index < -0.39 is 5.97 Å². The molecule has 2 rings (SSSR count). The van der Waals surface area contributed by atoms with Crippen LogP contribution in [-0.2, 0) is 18.3 Å². The Labute approximate surface area is 106 Å². The number of halogens is 1. The van der Waals surface area contributed by atoms with Crippen LogP contribution < -0.4 is 0 Å². The van der Waals surface area contributed by atoms with Crippen LogP contribution in [-0.4, -0.2) is 20.6 Å². The SMILES string of the molecule is Cn1c(C2CCCCC2)nc(Cl)c1CC(=O)O. The third-order valence-corrected chi connectivity index (χ3v) is 3.79. The minimum Gasteiger partial charge on any atom is -0.481 e. The average Bonchev–Trinajstić information content (AvgIpc) is 2.58. The molecule has 1 saturated carbocycles. The monoisotopic (exact) mass is 256 g/mol. The molecule has 1 fully saturated rings. The van der Waals surface area contributed by atoms with E-state index in [-0.39, 0.29) is 6.42 Å². The van der Waals surface area contributed by atoms with Gasteiger partial charge in [-0.25, -0.2) is 4.98 Å². The van der Waals surface area contributed by atoms with Gasteiger partial charge in [-0.2, -0.15) is 0 Å². The molecule has 94 valence electrons. The second-order valence-electron chi connectivity index (χ2n) is 4.67. The van der Waals surface area contributed by atoms with Gasteiger partial charge in [-0.05, 0) is 12.8 Å². The molecule has 0 spiro atoms. The zero-order chi connectivity index (χ0) is 12.4. The molecule has 1 aromatic heterocycles. The Morgan fingerprint density at radius 2 is 2.12 bits per heavy atom. The fourth-order valence-electron chi connectivity index (χ4n) is 2.58. The lowest BCUT2D eigenvalue weighted by Gasteiger charge is -2.21. The van der Waals surface area contributed by atoms with Gasteiger partial charge in [0.05, 0.1) is 12.1 Å². The van der Waals surface area contributed by atoms with Crippen molar-refractivity contribution in [2.75, 3.05) is 0 Å². The van der Waals surface area contributed by atoms with Crippen LogP contribution in [0, 0.1) is 0 Å². The summed E-state index contributed by atoms with van der Waals surface area (Å²) in [4.78, 5) is 15.1. The van der Waals surface area contributed by atoms with Crippen LogP contribution in [0.1, 0.15) is 49.5 Å². The highest BCUT2D eigenvalue weighted by atomic mass is 35.5. The molecular formula is C12H17ClN2O2. The molecule has 0 unspecified atom stereocenters. The lowest BCUT2D eigenvalue weighted by atomic mass is 9.89. The molecule has 5 heteroatoms. The summed E-state index contributed by atoms with van der Waals surface area (Å²) in [6.07, 6.45) is 5.94. The van der Waals surface area contributed by atoms with E-state index in [0.717, 1.165) is 18.7 Å². The van der Waals surface area contributed by atoms with Crippen molar-refractivity contribution in [2.45, 2.75) is 44.4 Å². The molecule has 0 radical (unpaired) electrons. The summed E-state index contributed by atoms with van der Waals surface area (Å²) in [6.45, 7) is 0. The molecule has 1 aromatic rings. The van der Waals surface area contributed by atoms with Crippen LogP contribution in [0.2, 0.25) is 5.15 Å². The molecule has 1 heterocycles. The van der Waals surface area contributed by atoms with Crippen LogP contribution in [0.4, 0.5) is 0 Å². The molecule has 1 aliphatic rings. The zero-order valence-corrected chi connectivity index (χ0v) is 10.7. The van der Waals surface area contributed by atoms with Gasteiger partial charge in [0, 0.05) is 13.0 Å². The Morgan fingerprint density at radius 1 is 1.47 bits per heavy atom. The lowest BCUT2D eigenvalue weighted by Crippen LogP contribution is -2.12. The second-order valence-corrected chi connectivity index (χ2v) is 5.03. The third kappa shape index (κ3) is 2.63. The Kier molecular flexibility index (Phi) is 3.72. The molecule has 0 aromatic carbocycles. The van der Waals surface area contributed by atoms with E-state index in [2.05, 4.69) is 4.98 Å². The average molecular weight is 257 g/mol. The number of rotatable bonds is 3. The minimum atomic E-state index is -0.870. The highest BCUT2D eigenvalue weighted by molar-refractivity contribution is 6.30. The van der Waals surface area contributed by atoms with Gasteiger partial charge in [-0.3, -0.25) is 4.79 Å². The van der Waals surface area contributed by atoms with Crippen molar-refractivity contribution >= 4 is 17.6 Å². The summed E-state index contributed by atoms with van der Waals surface area (Å²) in [5.41, 5.74) is 0.611. The van der Waals surface area contributed by atoms with Gasteiger partial charge in [0.15, 0.2) is 5.15 Å². The van der Waals surface area contributed by atoms with Crippen LogP contribution >= 0.6 is 11.6 Å². The van der Waals surface area contributed by atoms with E-state index in [9.17, 15) is 4.79 Å². The van der Waals surface area contributed by atoms with Crippen molar-refractivity contribution in [3.8, 4) is 0 Å². The number of nitrogens with zero attached hydrogens (tertiary/aromatic N) is 2. The summed E-state index contributed by atoms with van der Waals surface area (Å²) in [6, 6.07) is 0. The maximum absolute atomic E-state index is 10.8. The van der Waals surface area contributed by atoms with E-state index in [0.29, 0.717) is 16.8 Å². The normalized spacial score (nSPS) is 17.3. The Balaban J connectivity index is 2.26. The van der Waals surface area contributed by atoms with E-state index in [1.807, 2.05) is 11.6 Å². The zero-order valence-electron chi connectivity index (χ0n) is 9.95. The van der Waals surface area contributed by atoms with E-state index >= 15 is 0 Å². The summed E-state index contributed by atoms with van der Waals surface area (Å²) < 4.78 is 1.87. The van der Waals surface area contributed by atoms with E-state index in [4.69, 9.17) is 16.7 Å². The third-order valence-electron chi connectivity index (χ3n) is 3.49. The van der Waals surface area contributed by atoms with Gasteiger partial charge >= 0.3 is 5.97 Å². The van der Waals surface area contributed by atoms with E-state index in [1.165, 1.54) is 19.3 Å². The van der Waals surface area contributed by atoms with Gasteiger partial charge < -0.3 is 9.67 Å². The number of carbonyl (C=O) groups is 1. The van der Waals surface area contributed by atoms with E-state index in [1.54, 1.807) is 0 Å². The summed E-state index contributed by atoms with van der Waals surface area (Å²) in [5.74, 6) is 0.518. The number of hydrogen-bond donors (Lipinski definition) is 1. The van der Waals surface area contributed by atoms with Crippen LogP contribution in [0.25, 0.3) is 0 Å². The van der Waals surface area contributed by atoms with Crippen LogP contribution in [0.5, 0.6) is 0 Å². The predicted octanol–water partition coefficient (Wildman–Crippen LogP) is 2.75. The molecule has 0 bridgehead atoms. The minimum absolute atomic E-state index is 0.0605. The molecule has 1 aliphatic carbocycles. The van der Waals surface area contributed by atoms with Crippen LogP contribution in [0.3, 0.4) is 0 Å². The lowest BCUT2D eigenvalue weighted by molar-refractivity contribution is -0.136. The Hall–Kier alpha value is -1.03. The summed E-state index contributed by atoms with van der Waals surface area (Å²) in [7, 11) is 1.86. The second kappa shape index (κ2) is 5.08. The quantitative estimate of drug-likeness (QED) is 0.905. The first-order chi connectivity index (χ1) is 8.09. The smallest absolute Gasteiger partial charge is 0.309 e. The number of imidazole rings is 1. The molecule has 0 amide bonds. The van der Waals surface area contributed by atoms with Crippen molar-refractivity contribution < 1.29 is 9.90 Å². The standard InChI is InChI=1S/C12H17ClN2O2/c1-15-9(7-10(16)17)11(13)14-12(15)8-5-3-2-4-6-8/h8H,2-7H2,1H3,(H,16,17). The number of aromatic nitrogens is 2. The molecular weight excluding hydrogens is 240 g/mol. The molecule has 0 atom stereocenters. The molecule has 0 aliphatic heterocycles. The molecule has 0 saturated heterocycles. The van der Waals surface area contributed by atoms with Crippen molar-refractivity contribution in [1.82, 2.24) is 9.55 Å². The predicted molar refractivity (Wildman–Crippen MR) is 65.4 cm³/mol. The van der Waals surface area contributed by atoms with Gasteiger partial charge in [0.1, 0.15) is 5.82 Å². The Bertz CT molecular complexity index is 422. The number of carboxylic acids is 1.